The SMILES string of the molecule is CC(C)Cc1ccc(C2(C)CC(=O)NC2C(=O)O)cc1. The molecule has 0 aliphatic carbocycles. The fourth-order valence-electron chi connectivity index (χ4n) is 2.90. The van der Waals surface area contributed by atoms with Crippen molar-refractivity contribution in [3.8, 4) is 0 Å². The van der Waals surface area contributed by atoms with Gasteiger partial charge in [-0.2, -0.15) is 0 Å². The lowest BCUT2D eigenvalue weighted by molar-refractivity contribution is -0.141. The summed E-state index contributed by atoms with van der Waals surface area (Å²) in [5.74, 6) is -0.603. The van der Waals surface area contributed by atoms with Gasteiger partial charge in [0.15, 0.2) is 0 Å². The number of carboxylic acid groups (broad SMARTS) is 1. The fourth-order valence-corrected chi connectivity index (χ4v) is 2.90. The van der Waals surface area contributed by atoms with Crippen LogP contribution in [0.15, 0.2) is 24.3 Å². The quantitative estimate of drug-likeness (QED) is 0.884. The molecule has 2 atom stereocenters. The zero-order chi connectivity index (χ0) is 14.9. The number of hydrogen-bond donors (Lipinski definition) is 2. The van der Waals surface area contributed by atoms with Gasteiger partial charge in [-0.15, -0.1) is 0 Å². The van der Waals surface area contributed by atoms with Crippen molar-refractivity contribution in [1.29, 1.82) is 0 Å². The third-order valence-electron chi connectivity index (χ3n) is 3.97. The summed E-state index contributed by atoms with van der Waals surface area (Å²) in [6, 6.07) is 7.11. The first-order valence-corrected chi connectivity index (χ1v) is 6.94. The van der Waals surface area contributed by atoms with Crippen LogP contribution in [0.3, 0.4) is 0 Å². The average Bonchev–Trinajstić information content (AvgIpc) is 2.66. The Balaban J connectivity index is 2.29. The number of benzene rings is 1. The molecule has 0 saturated carbocycles. The second kappa shape index (κ2) is 5.27. The van der Waals surface area contributed by atoms with E-state index in [-0.39, 0.29) is 12.3 Å². The molecule has 1 aromatic carbocycles. The van der Waals surface area contributed by atoms with Crippen molar-refractivity contribution < 1.29 is 14.7 Å². The van der Waals surface area contributed by atoms with Gasteiger partial charge in [-0.25, -0.2) is 4.79 Å². The lowest BCUT2D eigenvalue weighted by atomic mass is 9.75. The first-order chi connectivity index (χ1) is 9.33. The summed E-state index contributed by atoms with van der Waals surface area (Å²) in [5.41, 5.74) is 1.45. The molecule has 2 rings (SSSR count). The summed E-state index contributed by atoms with van der Waals surface area (Å²) in [6.45, 7) is 6.16. The fraction of sp³-hybridized carbons (Fsp3) is 0.500. The Labute approximate surface area is 119 Å². The van der Waals surface area contributed by atoms with Gasteiger partial charge in [0.1, 0.15) is 6.04 Å². The number of carbonyl (C=O) groups excluding carboxylic acids is 1. The second-order valence-electron chi connectivity index (χ2n) is 6.23. The third kappa shape index (κ3) is 2.69. The molecule has 0 aromatic heterocycles. The van der Waals surface area contributed by atoms with Crippen LogP contribution in [0.2, 0.25) is 0 Å². The van der Waals surface area contributed by atoms with E-state index in [1.807, 2.05) is 31.2 Å². The number of amides is 1. The van der Waals surface area contributed by atoms with Gasteiger partial charge in [0, 0.05) is 11.8 Å². The molecular formula is C16H21NO3. The minimum Gasteiger partial charge on any atom is -0.480 e. The molecule has 1 heterocycles. The monoisotopic (exact) mass is 275 g/mol. The predicted octanol–water partition coefficient (Wildman–Crippen LogP) is 2.12. The molecule has 2 N–H and O–H groups in total. The Hall–Kier alpha value is -1.84. The van der Waals surface area contributed by atoms with Crippen LogP contribution in [0.25, 0.3) is 0 Å². The van der Waals surface area contributed by atoms with E-state index >= 15 is 0 Å². The standard InChI is InChI=1S/C16H21NO3/c1-10(2)8-11-4-6-12(7-5-11)16(3)9-13(18)17-14(16)15(19)20/h4-7,10,14H,8-9H2,1-3H3,(H,17,18)(H,19,20). The van der Waals surface area contributed by atoms with Gasteiger partial charge in [-0.05, 0) is 23.5 Å². The summed E-state index contributed by atoms with van der Waals surface area (Å²) in [7, 11) is 0. The van der Waals surface area contributed by atoms with E-state index in [1.165, 1.54) is 5.56 Å². The van der Waals surface area contributed by atoms with Crippen LogP contribution in [-0.2, 0) is 21.4 Å². The molecule has 1 fully saturated rings. The van der Waals surface area contributed by atoms with Gasteiger partial charge < -0.3 is 10.4 Å². The highest BCUT2D eigenvalue weighted by Crippen LogP contribution is 2.36. The van der Waals surface area contributed by atoms with Crippen LogP contribution in [-0.4, -0.2) is 23.0 Å². The van der Waals surface area contributed by atoms with Crippen molar-refractivity contribution in [3.63, 3.8) is 0 Å². The molecule has 1 aromatic rings. The van der Waals surface area contributed by atoms with Gasteiger partial charge in [-0.1, -0.05) is 45.0 Å². The van der Waals surface area contributed by atoms with Crippen molar-refractivity contribution >= 4 is 11.9 Å². The molecule has 2 unspecified atom stereocenters. The summed E-state index contributed by atoms with van der Waals surface area (Å²) in [4.78, 5) is 22.9. The van der Waals surface area contributed by atoms with E-state index in [0.717, 1.165) is 12.0 Å². The van der Waals surface area contributed by atoms with Crippen LogP contribution >= 0.6 is 0 Å². The maximum absolute atomic E-state index is 11.6. The van der Waals surface area contributed by atoms with Gasteiger partial charge in [0.25, 0.3) is 0 Å². The number of carboxylic acids is 1. The molecule has 0 bridgehead atoms. The van der Waals surface area contributed by atoms with Crippen LogP contribution in [0.5, 0.6) is 0 Å². The van der Waals surface area contributed by atoms with Crippen molar-refractivity contribution in [2.24, 2.45) is 5.92 Å². The Morgan fingerprint density at radius 1 is 1.40 bits per heavy atom. The number of carbonyl (C=O) groups is 2. The van der Waals surface area contributed by atoms with Crippen LogP contribution in [0, 0.1) is 5.92 Å². The van der Waals surface area contributed by atoms with Crippen molar-refractivity contribution in [2.75, 3.05) is 0 Å². The maximum Gasteiger partial charge on any atom is 0.327 e. The normalized spacial score (nSPS) is 25.8. The molecule has 4 heteroatoms. The zero-order valence-corrected chi connectivity index (χ0v) is 12.1. The predicted molar refractivity (Wildman–Crippen MR) is 76.5 cm³/mol. The van der Waals surface area contributed by atoms with Crippen LogP contribution in [0.4, 0.5) is 0 Å². The number of hydrogen-bond acceptors (Lipinski definition) is 2. The molecule has 4 nitrogen and oxygen atoms in total. The molecule has 1 aliphatic rings. The maximum atomic E-state index is 11.6. The number of nitrogens with one attached hydrogen (secondary N) is 1. The Morgan fingerprint density at radius 2 is 2.00 bits per heavy atom. The molecular weight excluding hydrogens is 254 g/mol. The van der Waals surface area contributed by atoms with Crippen molar-refractivity contribution in [2.45, 2.75) is 45.1 Å². The molecule has 1 aliphatic heterocycles. The van der Waals surface area contributed by atoms with Crippen molar-refractivity contribution in [3.05, 3.63) is 35.4 Å². The zero-order valence-electron chi connectivity index (χ0n) is 12.1. The molecule has 108 valence electrons. The highest BCUT2D eigenvalue weighted by molar-refractivity contribution is 5.90. The van der Waals surface area contributed by atoms with Crippen LogP contribution < -0.4 is 5.32 Å². The summed E-state index contributed by atoms with van der Waals surface area (Å²) in [6.07, 6.45) is 1.21. The van der Waals surface area contributed by atoms with E-state index in [0.29, 0.717) is 5.92 Å². The largest absolute Gasteiger partial charge is 0.480 e. The number of aliphatic carboxylic acids is 1. The van der Waals surface area contributed by atoms with E-state index < -0.39 is 17.4 Å². The first-order valence-electron chi connectivity index (χ1n) is 6.94. The number of rotatable bonds is 4. The summed E-state index contributed by atoms with van der Waals surface area (Å²) >= 11 is 0. The molecule has 20 heavy (non-hydrogen) atoms. The van der Waals surface area contributed by atoms with Gasteiger partial charge in [-0.3, -0.25) is 4.79 Å². The molecule has 1 amide bonds. The smallest absolute Gasteiger partial charge is 0.327 e. The Bertz CT molecular complexity index is 521. The lowest BCUT2D eigenvalue weighted by Crippen LogP contribution is -2.44. The van der Waals surface area contributed by atoms with E-state index in [1.54, 1.807) is 0 Å². The van der Waals surface area contributed by atoms with Gasteiger partial charge >= 0.3 is 5.97 Å². The summed E-state index contributed by atoms with van der Waals surface area (Å²) < 4.78 is 0. The van der Waals surface area contributed by atoms with Gasteiger partial charge in [0.2, 0.25) is 5.91 Å². The Morgan fingerprint density at radius 3 is 2.50 bits per heavy atom. The third-order valence-corrected chi connectivity index (χ3v) is 3.97. The van der Waals surface area contributed by atoms with E-state index in [9.17, 15) is 14.7 Å². The topological polar surface area (TPSA) is 66.4 Å². The second-order valence-corrected chi connectivity index (χ2v) is 6.23. The molecule has 1 saturated heterocycles. The average molecular weight is 275 g/mol. The minimum atomic E-state index is -0.982. The van der Waals surface area contributed by atoms with Crippen molar-refractivity contribution in [1.82, 2.24) is 5.32 Å². The highest BCUT2D eigenvalue weighted by atomic mass is 16.4. The molecule has 0 spiro atoms. The first kappa shape index (κ1) is 14.6. The highest BCUT2D eigenvalue weighted by Gasteiger charge is 2.48. The molecule has 0 radical (unpaired) electrons. The van der Waals surface area contributed by atoms with Gasteiger partial charge in [0.05, 0.1) is 0 Å². The van der Waals surface area contributed by atoms with E-state index in [2.05, 4.69) is 19.2 Å². The summed E-state index contributed by atoms with van der Waals surface area (Å²) in [5, 5.41) is 11.8. The van der Waals surface area contributed by atoms with Crippen LogP contribution in [0.1, 0.15) is 38.3 Å². The lowest BCUT2D eigenvalue weighted by Gasteiger charge is -2.28. The van der Waals surface area contributed by atoms with E-state index in [4.69, 9.17) is 0 Å². The minimum absolute atomic E-state index is 0.203. The Kier molecular flexibility index (Phi) is 3.84.